The summed E-state index contributed by atoms with van der Waals surface area (Å²) in [6.07, 6.45) is 2.54. The number of amides is 1. The van der Waals surface area contributed by atoms with Crippen molar-refractivity contribution in [3.05, 3.63) is 35.4 Å². The van der Waals surface area contributed by atoms with Crippen molar-refractivity contribution in [2.75, 3.05) is 13.1 Å². The summed E-state index contributed by atoms with van der Waals surface area (Å²) in [6, 6.07) is 11.3. The van der Waals surface area contributed by atoms with Crippen LogP contribution in [0, 0.1) is 39.9 Å². The predicted molar refractivity (Wildman–Crippen MR) is 92.7 cm³/mol. The van der Waals surface area contributed by atoms with Gasteiger partial charge in [0.1, 0.15) is 5.92 Å². The molecule has 0 unspecified atom stereocenters. The van der Waals surface area contributed by atoms with E-state index in [4.69, 9.17) is 5.26 Å². The molecule has 126 valence electrons. The molecule has 1 saturated heterocycles. The SMILES string of the molecule is CC(C)(C)[C@H]1CCCN(C(=O)[C@H](C#N)Cc2ccc(C#N)cc2)C1. The molecule has 0 N–H and O–H groups in total. The minimum atomic E-state index is -0.656. The first-order valence-corrected chi connectivity index (χ1v) is 8.52. The Hall–Kier alpha value is -2.33. The Kier molecular flexibility index (Phi) is 5.62. The van der Waals surface area contributed by atoms with E-state index < -0.39 is 5.92 Å². The molecule has 0 spiro atoms. The summed E-state index contributed by atoms with van der Waals surface area (Å²) >= 11 is 0. The van der Waals surface area contributed by atoms with Crippen LogP contribution < -0.4 is 0 Å². The largest absolute Gasteiger partial charge is 0.341 e. The van der Waals surface area contributed by atoms with Crippen molar-refractivity contribution in [3.63, 3.8) is 0 Å². The Balaban J connectivity index is 2.05. The summed E-state index contributed by atoms with van der Waals surface area (Å²) in [6.45, 7) is 8.13. The van der Waals surface area contributed by atoms with E-state index in [1.165, 1.54) is 0 Å². The van der Waals surface area contributed by atoms with E-state index in [2.05, 4.69) is 32.9 Å². The van der Waals surface area contributed by atoms with E-state index in [0.717, 1.165) is 31.5 Å². The first kappa shape index (κ1) is 18.0. The highest BCUT2D eigenvalue weighted by Gasteiger charge is 2.33. The molecule has 1 aliphatic rings. The van der Waals surface area contributed by atoms with Crippen LogP contribution in [0.25, 0.3) is 0 Å². The highest BCUT2D eigenvalue weighted by atomic mass is 16.2. The molecule has 0 aliphatic carbocycles. The molecule has 1 aliphatic heterocycles. The van der Waals surface area contributed by atoms with E-state index >= 15 is 0 Å². The maximum atomic E-state index is 12.8. The number of rotatable bonds is 3. The van der Waals surface area contributed by atoms with Gasteiger partial charge in [-0.3, -0.25) is 4.79 Å². The van der Waals surface area contributed by atoms with Gasteiger partial charge in [-0.25, -0.2) is 0 Å². The molecule has 1 heterocycles. The molecule has 1 aromatic carbocycles. The van der Waals surface area contributed by atoms with Crippen LogP contribution in [0.15, 0.2) is 24.3 Å². The van der Waals surface area contributed by atoms with Crippen molar-refractivity contribution in [1.29, 1.82) is 10.5 Å². The number of hydrogen-bond acceptors (Lipinski definition) is 3. The zero-order valence-electron chi connectivity index (χ0n) is 14.7. The fourth-order valence-electron chi connectivity index (χ4n) is 3.24. The average Bonchev–Trinajstić information content (AvgIpc) is 2.59. The number of piperidine rings is 1. The molecule has 1 aromatic rings. The summed E-state index contributed by atoms with van der Waals surface area (Å²) in [5, 5.41) is 18.3. The number of benzene rings is 1. The van der Waals surface area contributed by atoms with Crippen molar-refractivity contribution >= 4 is 5.91 Å². The van der Waals surface area contributed by atoms with Crippen molar-refractivity contribution in [1.82, 2.24) is 4.90 Å². The standard InChI is InChI=1S/C20H25N3O/c1-20(2,3)18-5-4-10-23(14-18)19(24)17(13-22)11-15-6-8-16(12-21)9-7-15/h6-9,17-18H,4-5,10-11,14H2,1-3H3/t17-,18-/m0/s1. The van der Waals surface area contributed by atoms with E-state index in [-0.39, 0.29) is 11.3 Å². The van der Waals surface area contributed by atoms with Crippen LogP contribution in [0.2, 0.25) is 0 Å². The van der Waals surface area contributed by atoms with Crippen LogP contribution in [0.5, 0.6) is 0 Å². The molecular weight excluding hydrogens is 298 g/mol. The quantitative estimate of drug-likeness (QED) is 0.854. The zero-order valence-corrected chi connectivity index (χ0v) is 14.7. The lowest BCUT2D eigenvalue weighted by molar-refractivity contribution is -0.136. The van der Waals surface area contributed by atoms with Gasteiger partial charge in [0.15, 0.2) is 0 Å². The van der Waals surface area contributed by atoms with Crippen molar-refractivity contribution in [2.24, 2.45) is 17.3 Å². The van der Waals surface area contributed by atoms with Crippen LogP contribution in [-0.2, 0) is 11.2 Å². The molecule has 0 bridgehead atoms. The van der Waals surface area contributed by atoms with Crippen molar-refractivity contribution in [3.8, 4) is 12.1 Å². The van der Waals surface area contributed by atoms with Crippen LogP contribution >= 0.6 is 0 Å². The minimum absolute atomic E-state index is 0.0594. The first-order chi connectivity index (χ1) is 11.3. The third-order valence-corrected chi connectivity index (χ3v) is 4.93. The Labute approximate surface area is 144 Å². The molecule has 4 nitrogen and oxygen atoms in total. The average molecular weight is 323 g/mol. The van der Waals surface area contributed by atoms with Gasteiger partial charge < -0.3 is 4.90 Å². The Bertz CT molecular complexity index is 658. The monoisotopic (exact) mass is 323 g/mol. The fraction of sp³-hybridized carbons (Fsp3) is 0.550. The first-order valence-electron chi connectivity index (χ1n) is 8.52. The molecule has 0 radical (unpaired) electrons. The lowest BCUT2D eigenvalue weighted by Crippen LogP contribution is -2.46. The number of nitriles is 2. The van der Waals surface area contributed by atoms with E-state index in [1.54, 1.807) is 12.1 Å². The van der Waals surface area contributed by atoms with Crippen LogP contribution in [-0.4, -0.2) is 23.9 Å². The maximum absolute atomic E-state index is 12.8. The predicted octanol–water partition coefficient (Wildman–Crippen LogP) is 3.53. The van der Waals surface area contributed by atoms with Crippen LogP contribution in [0.1, 0.15) is 44.7 Å². The van der Waals surface area contributed by atoms with Crippen LogP contribution in [0.4, 0.5) is 0 Å². The Morgan fingerprint density at radius 3 is 2.50 bits per heavy atom. The molecular formula is C20H25N3O. The zero-order chi connectivity index (χ0) is 17.7. The molecule has 0 saturated carbocycles. The van der Waals surface area contributed by atoms with Crippen molar-refractivity contribution in [2.45, 2.75) is 40.0 Å². The van der Waals surface area contributed by atoms with Crippen LogP contribution in [0.3, 0.4) is 0 Å². The third-order valence-electron chi connectivity index (χ3n) is 4.93. The molecule has 0 aromatic heterocycles. The van der Waals surface area contributed by atoms with E-state index in [1.807, 2.05) is 17.0 Å². The van der Waals surface area contributed by atoms with Gasteiger partial charge in [0, 0.05) is 13.1 Å². The lowest BCUT2D eigenvalue weighted by atomic mass is 9.76. The van der Waals surface area contributed by atoms with Gasteiger partial charge in [-0.1, -0.05) is 32.9 Å². The minimum Gasteiger partial charge on any atom is -0.341 e. The number of likely N-dealkylation sites (tertiary alicyclic amines) is 1. The fourth-order valence-corrected chi connectivity index (χ4v) is 3.24. The molecule has 24 heavy (non-hydrogen) atoms. The topological polar surface area (TPSA) is 67.9 Å². The highest BCUT2D eigenvalue weighted by Crippen LogP contribution is 2.33. The number of hydrogen-bond donors (Lipinski definition) is 0. The second-order valence-electron chi connectivity index (χ2n) is 7.68. The van der Waals surface area contributed by atoms with Gasteiger partial charge in [0.2, 0.25) is 5.91 Å². The summed E-state index contributed by atoms with van der Waals surface area (Å²) in [5.74, 6) is -0.239. The maximum Gasteiger partial charge on any atom is 0.240 e. The number of carbonyl (C=O) groups is 1. The Morgan fingerprint density at radius 1 is 1.29 bits per heavy atom. The normalized spacial score (nSPS) is 19.2. The molecule has 2 atom stereocenters. The molecule has 1 amide bonds. The van der Waals surface area contributed by atoms with Gasteiger partial charge in [-0.15, -0.1) is 0 Å². The molecule has 1 fully saturated rings. The summed E-state index contributed by atoms with van der Waals surface area (Å²) in [4.78, 5) is 14.7. The second kappa shape index (κ2) is 7.49. The molecule has 4 heteroatoms. The third kappa shape index (κ3) is 4.36. The second-order valence-corrected chi connectivity index (χ2v) is 7.68. The van der Waals surface area contributed by atoms with Gasteiger partial charge >= 0.3 is 0 Å². The number of nitrogens with zero attached hydrogens (tertiary/aromatic N) is 3. The summed E-state index contributed by atoms with van der Waals surface area (Å²) < 4.78 is 0. The summed E-state index contributed by atoms with van der Waals surface area (Å²) in [7, 11) is 0. The lowest BCUT2D eigenvalue weighted by Gasteiger charge is -2.40. The molecule has 2 rings (SSSR count). The summed E-state index contributed by atoms with van der Waals surface area (Å²) in [5.41, 5.74) is 1.68. The van der Waals surface area contributed by atoms with Gasteiger partial charge in [-0.05, 0) is 48.3 Å². The van der Waals surface area contributed by atoms with E-state index in [9.17, 15) is 10.1 Å². The highest BCUT2D eigenvalue weighted by molar-refractivity contribution is 5.81. The van der Waals surface area contributed by atoms with Gasteiger partial charge in [-0.2, -0.15) is 10.5 Å². The van der Waals surface area contributed by atoms with Crippen molar-refractivity contribution < 1.29 is 4.79 Å². The van der Waals surface area contributed by atoms with Gasteiger partial charge in [0.25, 0.3) is 0 Å². The van der Waals surface area contributed by atoms with Gasteiger partial charge in [0.05, 0.1) is 17.7 Å². The smallest absolute Gasteiger partial charge is 0.240 e. The Morgan fingerprint density at radius 2 is 1.96 bits per heavy atom. The van der Waals surface area contributed by atoms with E-state index in [0.29, 0.717) is 17.9 Å². The number of carbonyl (C=O) groups excluding carboxylic acids is 1.